The van der Waals surface area contributed by atoms with E-state index in [0.717, 1.165) is 12.0 Å². The van der Waals surface area contributed by atoms with Gasteiger partial charge >= 0.3 is 0 Å². The molecule has 4 nitrogen and oxygen atoms in total. The highest BCUT2D eigenvalue weighted by molar-refractivity contribution is 5.97. The fourth-order valence-corrected chi connectivity index (χ4v) is 2.38. The topological polar surface area (TPSA) is 42.4 Å². The van der Waals surface area contributed by atoms with Crippen LogP contribution < -0.4 is 4.74 Å². The molecule has 2 aromatic rings. The minimum atomic E-state index is -0.538. The number of carbonyl (C=O) groups excluding carboxylic acids is 1. The third-order valence-electron chi connectivity index (χ3n) is 3.86. The van der Waals surface area contributed by atoms with Crippen LogP contribution in [0.3, 0.4) is 0 Å². The van der Waals surface area contributed by atoms with Gasteiger partial charge in [0.05, 0.1) is 12.7 Å². The molecule has 1 heterocycles. The number of carbonyl (C=O) groups is 1. The molecule has 2 rings (SSSR count). The van der Waals surface area contributed by atoms with Gasteiger partial charge in [0.15, 0.2) is 11.6 Å². The first-order valence-corrected chi connectivity index (χ1v) is 7.60. The minimum Gasteiger partial charge on any atom is -0.493 e. The summed E-state index contributed by atoms with van der Waals surface area (Å²) in [6.07, 6.45) is 4.21. The van der Waals surface area contributed by atoms with Crippen molar-refractivity contribution in [1.29, 1.82) is 0 Å². The molecule has 0 N–H and O–H groups in total. The van der Waals surface area contributed by atoms with Crippen LogP contribution in [-0.4, -0.2) is 28.9 Å². The first kappa shape index (κ1) is 16.9. The van der Waals surface area contributed by atoms with Gasteiger partial charge in [-0.25, -0.2) is 4.39 Å². The number of halogens is 1. The monoisotopic (exact) mass is 316 g/mol. The Morgan fingerprint density at radius 2 is 2.13 bits per heavy atom. The van der Waals surface area contributed by atoms with Crippen LogP contribution >= 0.6 is 0 Å². The molecule has 0 fully saturated rings. The highest BCUT2D eigenvalue weighted by Crippen LogP contribution is 2.25. The molecule has 0 aliphatic carbocycles. The maximum atomic E-state index is 13.9. The molecule has 0 spiro atoms. The van der Waals surface area contributed by atoms with E-state index in [1.54, 1.807) is 23.4 Å². The van der Waals surface area contributed by atoms with Crippen molar-refractivity contribution in [2.45, 2.75) is 32.9 Å². The van der Waals surface area contributed by atoms with Crippen molar-refractivity contribution in [3.8, 4) is 5.75 Å². The predicted molar refractivity (Wildman–Crippen MR) is 86.8 cm³/mol. The summed E-state index contributed by atoms with van der Waals surface area (Å²) >= 11 is 0. The lowest BCUT2D eigenvalue weighted by atomic mass is 10.1. The molecule has 0 bridgehead atoms. The normalized spacial score (nSPS) is 11.8. The van der Waals surface area contributed by atoms with Gasteiger partial charge in [0.1, 0.15) is 0 Å². The van der Waals surface area contributed by atoms with E-state index in [9.17, 15) is 9.18 Å². The van der Waals surface area contributed by atoms with Crippen LogP contribution in [-0.2, 0) is 6.54 Å². The summed E-state index contributed by atoms with van der Waals surface area (Å²) in [6, 6.07) is 8.14. The van der Waals surface area contributed by atoms with E-state index in [4.69, 9.17) is 4.74 Å². The fraction of sp³-hybridized carbons (Fsp3) is 0.333. The van der Waals surface area contributed by atoms with Crippen LogP contribution in [0.1, 0.15) is 36.2 Å². The Hall–Kier alpha value is -2.43. The van der Waals surface area contributed by atoms with Crippen molar-refractivity contribution >= 4 is 5.91 Å². The maximum absolute atomic E-state index is 13.9. The second-order valence-electron chi connectivity index (χ2n) is 5.37. The molecule has 1 aromatic carbocycles. The zero-order valence-electron chi connectivity index (χ0n) is 13.6. The molecule has 1 amide bonds. The number of rotatable bonds is 6. The number of pyridine rings is 1. The van der Waals surface area contributed by atoms with E-state index < -0.39 is 5.82 Å². The Morgan fingerprint density at radius 3 is 2.74 bits per heavy atom. The van der Waals surface area contributed by atoms with Gasteiger partial charge in [0.2, 0.25) is 0 Å². The highest BCUT2D eigenvalue weighted by Gasteiger charge is 2.25. The van der Waals surface area contributed by atoms with Crippen LogP contribution in [0.2, 0.25) is 0 Å². The quantitative estimate of drug-likeness (QED) is 0.816. The van der Waals surface area contributed by atoms with E-state index in [2.05, 4.69) is 4.98 Å². The average molecular weight is 316 g/mol. The number of para-hydroxylation sites is 1. The number of hydrogen-bond acceptors (Lipinski definition) is 3. The smallest absolute Gasteiger partial charge is 0.258 e. The van der Waals surface area contributed by atoms with Crippen LogP contribution in [0.25, 0.3) is 0 Å². The first-order valence-electron chi connectivity index (χ1n) is 7.60. The molecule has 0 saturated carbocycles. The fourth-order valence-electron chi connectivity index (χ4n) is 2.38. The van der Waals surface area contributed by atoms with Gasteiger partial charge in [-0.05, 0) is 37.1 Å². The van der Waals surface area contributed by atoms with E-state index in [1.807, 2.05) is 26.0 Å². The van der Waals surface area contributed by atoms with Gasteiger partial charge in [0.25, 0.3) is 5.91 Å². The predicted octanol–water partition coefficient (Wildman–Crippen LogP) is 3.67. The molecule has 0 saturated heterocycles. The Labute approximate surface area is 135 Å². The van der Waals surface area contributed by atoms with Crippen molar-refractivity contribution in [3.05, 3.63) is 59.7 Å². The number of amides is 1. The number of benzene rings is 1. The largest absolute Gasteiger partial charge is 0.493 e. The Bertz CT molecular complexity index is 661. The highest BCUT2D eigenvalue weighted by atomic mass is 19.1. The van der Waals surface area contributed by atoms with Gasteiger partial charge in [0, 0.05) is 25.0 Å². The first-order chi connectivity index (χ1) is 11.1. The lowest BCUT2D eigenvalue weighted by Crippen LogP contribution is -2.38. The molecule has 0 aliphatic heterocycles. The van der Waals surface area contributed by atoms with E-state index in [0.29, 0.717) is 6.54 Å². The lowest BCUT2D eigenvalue weighted by Gasteiger charge is -2.29. The van der Waals surface area contributed by atoms with Crippen molar-refractivity contribution in [2.24, 2.45) is 0 Å². The standard InChI is InChI=1S/C18H21FN2O2/c1-4-13(2)21(12-14-7-6-10-20-11-14)18(22)15-8-5-9-16(19)17(15)23-3/h5-11,13H,4,12H2,1-3H3/t13-/m1/s1. The summed E-state index contributed by atoms with van der Waals surface area (Å²) < 4.78 is 19.0. The van der Waals surface area contributed by atoms with Gasteiger partial charge in [-0.3, -0.25) is 9.78 Å². The van der Waals surface area contributed by atoms with Crippen LogP contribution in [0, 0.1) is 5.82 Å². The number of ether oxygens (including phenoxy) is 1. The van der Waals surface area contributed by atoms with Crippen LogP contribution in [0.4, 0.5) is 4.39 Å². The van der Waals surface area contributed by atoms with Crippen LogP contribution in [0.15, 0.2) is 42.7 Å². The van der Waals surface area contributed by atoms with Crippen molar-refractivity contribution in [2.75, 3.05) is 7.11 Å². The average Bonchev–Trinajstić information content (AvgIpc) is 2.59. The van der Waals surface area contributed by atoms with Gasteiger partial charge in [-0.2, -0.15) is 0 Å². The Morgan fingerprint density at radius 1 is 1.35 bits per heavy atom. The lowest BCUT2D eigenvalue weighted by molar-refractivity contribution is 0.0667. The molecule has 1 atom stereocenters. The Kier molecular flexibility index (Phi) is 5.68. The summed E-state index contributed by atoms with van der Waals surface area (Å²) in [4.78, 5) is 18.7. The van der Waals surface area contributed by atoms with Gasteiger partial charge in [-0.15, -0.1) is 0 Å². The third kappa shape index (κ3) is 3.86. The molecule has 0 unspecified atom stereocenters. The molecule has 0 aliphatic rings. The summed E-state index contributed by atoms with van der Waals surface area (Å²) in [5.41, 5.74) is 1.16. The third-order valence-corrected chi connectivity index (χ3v) is 3.86. The molecule has 5 heteroatoms. The number of aromatic nitrogens is 1. The van der Waals surface area contributed by atoms with E-state index in [-0.39, 0.29) is 23.3 Å². The summed E-state index contributed by atoms with van der Waals surface area (Å²) in [7, 11) is 1.36. The Balaban J connectivity index is 2.36. The summed E-state index contributed by atoms with van der Waals surface area (Å²) in [5.74, 6) is -0.805. The van der Waals surface area contributed by atoms with Gasteiger partial charge in [-0.1, -0.05) is 19.1 Å². The number of hydrogen-bond donors (Lipinski definition) is 0. The van der Waals surface area contributed by atoms with Gasteiger partial charge < -0.3 is 9.64 Å². The molecule has 122 valence electrons. The molecule has 23 heavy (non-hydrogen) atoms. The summed E-state index contributed by atoms with van der Waals surface area (Å²) in [6.45, 7) is 4.40. The molecular formula is C18H21FN2O2. The van der Waals surface area contributed by atoms with Crippen molar-refractivity contribution < 1.29 is 13.9 Å². The second-order valence-corrected chi connectivity index (χ2v) is 5.37. The second kappa shape index (κ2) is 7.72. The minimum absolute atomic E-state index is 0.00989. The van der Waals surface area contributed by atoms with Crippen molar-refractivity contribution in [3.63, 3.8) is 0 Å². The number of methoxy groups -OCH3 is 1. The van der Waals surface area contributed by atoms with E-state index >= 15 is 0 Å². The summed E-state index contributed by atoms with van der Waals surface area (Å²) in [5, 5.41) is 0. The SMILES string of the molecule is CC[C@@H](C)N(Cc1cccnc1)C(=O)c1cccc(F)c1OC. The zero-order valence-corrected chi connectivity index (χ0v) is 13.6. The van der Waals surface area contributed by atoms with Crippen molar-refractivity contribution in [1.82, 2.24) is 9.88 Å². The molecule has 1 aromatic heterocycles. The van der Waals surface area contributed by atoms with E-state index in [1.165, 1.54) is 19.2 Å². The molecular weight excluding hydrogens is 295 g/mol. The van der Waals surface area contributed by atoms with Crippen LogP contribution in [0.5, 0.6) is 5.75 Å². The molecule has 0 radical (unpaired) electrons. The zero-order chi connectivity index (χ0) is 16.8. The maximum Gasteiger partial charge on any atom is 0.258 e. The number of nitrogens with zero attached hydrogens (tertiary/aromatic N) is 2.